The summed E-state index contributed by atoms with van der Waals surface area (Å²) in [7, 11) is 0.589. The number of alkyl halides is 1. The van der Waals surface area contributed by atoms with Crippen LogP contribution in [0.5, 0.6) is 0 Å². The van der Waals surface area contributed by atoms with Crippen molar-refractivity contribution in [3.05, 3.63) is 0 Å². The third-order valence-corrected chi connectivity index (χ3v) is 7.99. The molecule has 0 aromatic carbocycles. The Hall–Kier alpha value is 0.225. The Morgan fingerprint density at radius 2 is 1.42 bits per heavy atom. The van der Waals surface area contributed by atoms with Crippen LogP contribution < -0.4 is 0 Å². The zero-order chi connectivity index (χ0) is 20.4. The van der Waals surface area contributed by atoms with E-state index < -0.39 is 32.3 Å². The van der Waals surface area contributed by atoms with Crippen molar-refractivity contribution in [3.63, 3.8) is 0 Å². The van der Waals surface area contributed by atoms with Crippen molar-refractivity contribution in [2.45, 2.75) is 110 Å². The lowest BCUT2D eigenvalue weighted by atomic mass is 9.83. The fourth-order valence-electron chi connectivity index (χ4n) is 3.58. The monoisotopic (exact) mass is 392 g/mol. The van der Waals surface area contributed by atoms with E-state index in [0.717, 1.165) is 0 Å². The van der Waals surface area contributed by atoms with Gasteiger partial charge in [-0.3, -0.25) is 0 Å². The summed E-state index contributed by atoms with van der Waals surface area (Å²) in [6, 6.07) is 0.582. The number of hydrogen-bond acceptors (Lipinski definition) is 5. The van der Waals surface area contributed by atoms with Crippen LogP contribution in [0.4, 0.5) is 4.39 Å². The van der Waals surface area contributed by atoms with Gasteiger partial charge in [-0.05, 0) is 62.3 Å². The predicted molar refractivity (Wildman–Crippen MR) is 110 cm³/mol. The lowest BCUT2D eigenvalue weighted by Crippen LogP contribution is -2.45. The molecule has 1 fully saturated rings. The van der Waals surface area contributed by atoms with Crippen molar-refractivity contribution in [2.24, 2.45) is 0 Å². The second-order valence-corrected chi connectivity index (χ2v) is 10.3. The lowest BCUT2D eigenvalue weighted by Gasteiger charge is -2.46. The number of hydrogen-bond donors (Lipinski definition) is 1. The van der Waals surface area contributed by atoms with Gasteiger partial charge in [0.2, 0.25) is 0 Å². The molecule has 26 heavy (non-hydrogen) atoms. The Morgan fingerprint density at radius 3 is 1.69 bits per heavy atom. The first-order valence-electron chi connectivity index (χ1n) is 9.84. The molecule has 0 unspecified atom stereocenters. The van der Waals surface area contributed by atoms with Crippen LogP contribution in [0.1, 0.15) is 62.3 Å². The van der Waals surface area contributed by atoms with E-state index in [9.17, 15) is 9.50 Å². The highest BCUT2D eigenvalue weighted by Gasteiger charge is 2.51. The number of aliphatic hydroxyl groups excluding tert-OH is 1. The van der Waals surface area contributed by atoms with Crippen LogP contribution in [-0.4, -0.2) is 76.9 Å². The van der Waals surface area contributed by atoms with Crippen LogP contribution in [0.25, 0.3) is 0 Å². The van der Waals surface area contributed by atoms with Crippen LogP contribution in [-0.2, 0) is 9.26 Å². The maximum atomic E-state index is 14.6. The SMILES string of the molecule is B[C@@H]1O[C@H](COP(N(C(C)C)C(C)C)N(C(C)C)C(C)C)[C@@H](O)[C@@]1(C)F. The van der Waals surface area contributed by atoms with Gasteiger partial charge in [0.1, 0.15) is 20.1 Å². The van der Waals surface area contributed by atoms with Crippen LogP contribution >= 0.6 is 8.45 Å². The number of ether oxygens (including phenoxy) is 1. The second kappa shape index (κ2) is 9.62. The minimum Gasteiger partial charge on any atom is -0.387 e. The average molecular weight is 392 g/mol. The van der Waals surface area contributed by atoms with Gasteiger partial charge in [-0.2, -0.15) is 0 Å². The Balaban J connectivity index is 3.03. The van der Waals surface area contributed by atoms with E-state index in [-0.39, 0.29) is 6.61 Å². The topological polar surface area (TPSA) is 45.2 Å². The molecule has 1 aliphatic rings. The maximum Gasteiger partial charge on any atom is 0.189 e. The minimum absolute atomic E-state index is 0.183. The Bertz CT molecular complexity index is 405. The van der Waals surface area contributed by atoms with Crippen molar-refractivity contribution in [1.82, 2.24) is 9.34 Å². The zero-order valence-corrected chi connectivity index (χ0v) is 19.1. The van der Waals surface area contributed by atoms with Crippen LogP contribution in [0.2, 0.25) is 0 Å². The molecule has 0 spiro atoms. The largest absolute Gasteiger partial charge is 0.387 e. The molecule has 4 atom stereocenters. The summed E-state index contributed by atoms with van der Waals surface area (Å²) in [5.74, 6) is 0. The third kappa shape index (κ3) is 5.39. The van der Waals surface area contributed by atoms with Crippen molar-refractivity contribution in [1.29, 1.82) is 0 Å². The van der Waals surface area contributed by atoms with Crippen LogP contribution in [0.3, 0.4) is 0 Å². The molecule has 8 heteroatoms. The Kier molecular flexibility index (Phi) is 8.98. The van der Waals surface area contributed by atoms with Crippen molar-refractivity contribution >= 4 is 16.3 Å². The predicted octanol–water partition coefficient (Wildman–Crippen LogP) is 2.91. The molecule has 0 amide bonds. The van der Waals surface area contributed by atoms with E-state index in [0.29, 0.717) is 24.2 Å². The van der Waals surface area contributed by atoms with Gasteiger partial charge in [0.05, 0.1) is 12.6 Å². The van der Waals surface area contributed by atoms with Gasteiger partial charge in [-0.1, -0.05) is 0 Å². The first-order valence-corrected chi connectivity index (χ1v) is 11.0. The van der Waals surface area contributed by atoms with Gasteiger partial charge < -0.3 is 14.4 Å². The Labute approximate surface area is 161 Å². The lowest BCUT2D eigenvalue weighted by molar-refractivity contribution is -0.00778. The molecule has 1 saturated heterocycles. The third-order valence-electron chi connectivity index (χ3n) is 4.97. The highest BCUT2D eigenvalue weighted by atomic mass is 31.2. The number of aliphatic hydroxyl groups is 1. The van der Waals surface area contributed by atoms with Gasteiger partial charge in [-0.25, -0.2) is 13.7 Å². The van der Waals surface area contributed by atoms with E-state index in [1.165, 1.54) is 6.92 Å². The maximum absolute atomic E-state index is 14.6. The van der Waals surface area contributed by atoms with Crippen LogP contribution in [0.15, 0.2) is 0 Å². The molecule has 1 rings (SSSR count). The highest BCUT2D eigenvalue weighted by molar-refractivity contribution is 7.47. The molecule has 0 aliphatic carbocycles. The first kappa shape index (κ1) is 24.3. The molecular weight excluding hydrogens is 353 g/mol. The summed E-state index contributed by atoms with van der Waals surface area (Å²) < 4.78 is 31.3. The smallest absolute Gasteiger partial charge is 0.189 e. The average Bonchev–Trinajstić information content (AvgIpc) is 2.66. The van der Waals surface area contributed by atoms with E-state index in [1.54, 1.807) is 7.85 Å². The molecule has 0 radical (unpaired) electrons. The fraction of sp³-hybridized carbons (Fsp3) is 1.00. The van der Waals surface area contributed by atoms with Gasteiger partial charge in [0.15, 0.2) is 14.1 Å². The quantitative estimate of drug-likeness (QED) is 0.483. The van der Waals surface area contributed by atoms with Gasteiger partial charge in [0.25, 0.3) is 0 Å². The summed E-state index contributed by atoms with van der Waals surface area (Å²) >= 11 is 0. The van der Waals surface area contributed by atoms with E-state index in [4.69, 9.17) is 9.26 Å². The fourth-order valence-corrected chi connectivity index (χ4v) is 5.95. The molecular formula is C18H39BFN2O3P. The molecule has 0 bridgehead atoms. The molecule has 0 saturated carbocycles. The second-order valence-electron chi connectivity index (χ2n) is 8.60. The minimum atomic E-state index is -1.75. The number of nitrogens with zero attached hydrogens (tertiary/aromatic N) is 2. The summed E-state index contributed by atoms with van der Waals surface area (Å²) in [4.78, 5) is 0. The highest BCUT2D eigenvalue weighted by Crippen LogP contribution is 2.51. The van der Waals surface area contributed by atoms with Crippen molar-refractivity contribution < 1.29 is 18.8 Å². The number of rotatable bonds is 9. The summed E-state index contributed by atoms with van der Waals surface area (Å²) in [6.45, 7) is 18.9. The molecule has 1 aliphatic heterocycles. The van der Waals surface area contributed by atoms with E-state index in [1.807, 2.05) is 0 Å². The van der Waals surface area contributed by atoms with Gasteiger partial charge in [-0.15, -0.1) is 0 Å². The van der Waals surface area contributed by atoms with Gasteiger partial charge in [0, 0.05) is 24.2 Å². The molecule has 154 valence electrons. The van der Waals surface area contributed by atoms with Crippen molar-refractivity contribution in [2.75, 3.05) is 6.61 Å². The Morgan fingerprint density at radius 1 is 1.04 bits per heavy atom. The summed E-state index contributed by atoms with van der Waals surface area (Å²) in [6.07, 6.45) is -1.82. The first-order chi connectivity index (χ1) is 11.8. The van der Waals surface area contributed by atoms with E-state index >= 15 is 0 Å². The summed E-state index contributed by atoms with van der Waals surface area (Å²) in [5, 5.41) is 10.3. The molecule has 1 heterocycles. The molecule has 0 aromatic heterocycles. The molecule has 1 N–H and O–H groups in total. The van der Waals surface area contributed by atoms with Gasteiger partial charge >= 0.3 is 0 Å². The summed E-state index contributed by atoms with van der Waals surface area (Å²) in [5.41, 5.74) is -1.75. The normalized spacial score (nSPS) is 30.3. The molecule has 0 aromatic rings. The van der Waals surface area contributed by atoms with E-state index in [2.05, 4.69) is 64.7 Å². The van der Waals surface area contributed by atoms with Crippen molar-refractivity contribution in [3.8, 4) is 0 Å². The molecule has 5 nitrogen and oxygen atoms in total. The zero-order valence-electron chi connectivity index (χ0n) is 18.2. The number of halogens is 1. The standard InChI is InChI=1S/C18H39BFN2O3P/c1-11(2)21(12(3)4)26(22(13(5)6)14(7)8)24-10-15-16(23)18(9,20)17(19)25-15/h11-17,23H,10,19H2,1-9H3/t15-,16-,17-,18-/m1/s1. The van der Waals surface area contributed by atoms with Crippen LogP contribution in [0, 0.1) is 0 Å².